The van der Waals surface area contributed by atoms with Gasteiger partial charge >= 0.3 is 11.9 Å². The van der Waals surface area contributed by atoms with E-state index in [0.29, 0.717) is 35.4 Å². The fourth-order valence-corrected chi connectivity index (χ4v) is 6.01. The summed E-state index contributed by atoms with van der Waals surface area (Å²) in [5, 5.41) is 4.29. The monoisotopic (exact) mass is 606 g/mol. The first-order valence-corrected chi connectivity index (χ1v) is 14.6. The second kappa shape index (κ2) is 12.0. The van der Waals surface area contributed by atoms with Gasteiger partial charge in [0.05, 0.1) is 22.7 Å². The minimum absolute atomic E-state index is 0.0156. The summed E-state index contributed by atoms with van der Waals surface area (Å²) in [7, 11) is -3.96. The number of sulfonamides is 1. The second-order valence-corrected chi connectivity index (χ2v) is 11.7. The van der Waals surface area contributed by atoms with E-state index in [1.54, 1.807) is 42.5 Å². The van der Waals surface area contributed by atoms with Gasteiger partial charge in [-0.2, -0.15) is 17.9 Å². The van der Waals surface area contributed by atoms with Crippen molar-refractivity contribution < 1.29 is 21.6 Å². The van der Waals surface area contributed by atoms with Crippen molar-refractivity contribution in [1.82, 2.24) is 19.1 Å². The largest absolute Gasteiger partial charge is 0.418 e. The van der Waals surface area contributed by atoms with E-state index in [1.165, 1.54) is 28.8 Å². The van der Waals surface area contributed by atoms with E-state index >= 15 is 0 Å². The predicted molar refractivity (Wildman–Crippen MR) is 154 cm³/mol. The second-order valence-electron chi connectivity index (χ2n) is 8.92. The molecule has 0 amide bonds. The first-order valence-electron chi connectivity index (χ1n) is 12.2. The zero-order valence-corrected chi connectivity index (χ0v) is 23.7. The van der Waals surface area contributed by atoms with Gasteiger partial charge < -0.3 is 0 Å². The molecule has 0 spiro atoms. The fourth-order valence-electron chi connectivity index (χ4n) is 4.25. The van der Waals surface area contributed by atoms with E-state index in [4.69, 9.17) is 12.2 Å². The Balaban J connectivity index is 1.71. The van der Waals surface area contributed by atoms with Crippen LogP contribution in [0.25, 0.3) is 16.8 Å². The highest BCUT2D eigenvalue weighted by Gasteiger charge is 2.34. The number of thiocarbonyl (C=S) groups is 1. The van der Waals surface area contributed by atoms with Gasteiger partial charge in [-0.15, -0.1) is 17.7 Å². The SMILES string of the molecule is CCCCc1nn(-c2ccccc2C(F)(F)F)c(=O)n1Cc1ccc(-c2ccccc2S(=O)(=O)NC(=S)S)cc1. The molecule has 1 heterocycles. The molecule has 13 heteroatoms. The number of halogens is 3. The van der Waals surface area contributed by atoms with E-state index < -0.39 is 27.5 Å². The molecule has 0 unspecified atom stereocenters. The van der Waals surface area contributed by atoms with E-state index in [-0.39, 0.29) is 21.4 Å². The third-order valence-electron chi connectivity index (χ3n) is 6.13. The molecule has 0 aliphatic heterocycles. The Labute approximate surface area is 240 Å². The Morgan fingerprint density at radius 2 is 1.68 bits per heavy atom. The first-order chi connectivity index (χ1) is 18.9. The Hall–Kier alpha value is -3.42. The van der Waals surface area contributed by atoms with Crippen molar-refractivity contribution in [2.45, 2.75) is 43.8 Å². The number of benzene rings is 3. The summed E-state index contributed by atoms with van der Waals surface area (Å²) in [5.74, 6) is 0.373. The lowest BCUT2D eigenvalue weighted by Gasteiger charge is -2.12. The van der Waals surface area contributed by atoms with Crippen LogP contribution in [0.4, 0.5) is 13.2 Å². The smallest absolute Gasteiger partial charge is 0.274 e. The molecule has 0 saturated heterocycles. The average molecular weight is 607 g/mol. The van der Waals surface area contributed by atoms with Crippen LogP contribution in [0.1, 0.15) is 36.7 Å². The van der Waals surface area contributed by atoms with Crippen molar-refractivity contribution in [2.75, 3.05) is 0 Å². The quantitative estimate of drug-likeness (QED) is 0.191. The third-order valence-corrected chi connectivity index (χ3v) is 8.04. The molecule has 3 aromatic carbocycles. The number of nitrogens with zero attached hydrogens (tertiary/aromatic N) is 3. The summed E-state index contributed by atoms with van der Waals surface area (Å²) in [6, 6.07) is 18.1. The molecule has 0 saturated carbocycles. The number of hydrogen-bond donors (Lipinski definition) is 2. The van der Waals surface area contributed by atoms with Gasteiger partial charge in [-0.3, -0.25) is 9.29 Å². The molecular formula is C27H25F3N4O3S3. The number of para-hydroxylation sites is 1. The molecule has 0 bridgehead atoms. The van der Waals surface area contributed by atoms with Gasteiger partial charge in [0.1, 0.15) is 10.1 Å². The van der Waals surface area contributed by atoms with Gasteiger partial charge in [0.2, 0.25) is 0 Å². The van der Waals surface area contributed by atoms with E-state index in [9.17, 15) is 26.4 Å². The van der Waals surface area contributed by atoms with Crippen molar-refractivity contribution in [2.24, 2.45) is 0 Å². The third kappa shape index (κ3) is 6.48. The molecule has 0 aliphatic rings. The van der Waals surface area contributed by atoms with Crippen LogP contribution in [0.15, 0.2) is 82.5 Å². The minimum atomic E-state index is -4.66. The van der Waals surface area contributed by atoms with E-state index in [0.717, 1.165) is 17.2 Å². The topological polar surface area (TPSA) is 86.0 Å². The summed E-state index contributed by atoms with van der Waals surface area (Å²) in [6.45, 7) is 2.04. The predicted octanol–water partition coefficient (Wildman–Crippen LogP) is 5.60. The van der Waals surface area contributed by atoms with Crippen molar-refractivity contribution in [3.05, 3.63) is 100 Å². The number of aryl methyl sites for hydroxylation is 1. The first kappa shape index (κ1) is 29.6. The van der Waals surface area contributed by atoms with Crippen LogP contribution in [-0.4, -0.2) is 27.1 Å². The standard InChI is InChI=1S/C27H25F3N4O3S3/c1-2-3-12-24-31-34(22-10-6-5-9-21(22)27(28,29)30)26(35)33(24)17-18-13-15-19(16-14-18)20-8-4-7-11-23(20)40(36,37)32-25(38)39/h4-11,13-16H,2-3,12,17H2,1H3,(H2,32,38,39). The summed E-state index contributed by atoms with van der Waals surface area (Å²) in [5.41, 5.74) is -0.250. The molecule has 4 rings (SSSR count). The highest BCUT2D eigenvalue weighted by Crippen LogP contribution is 2.33. The van der Waals surface area contributed by atoms with Crippen LogP contribution >= 0.6 is 24.8 Å². The Morgan fingerprint density at radius 1 is 1.02 bits per heavy atom. The number of nitrogens with one attached hydrogen (secondary N) is 1. The maximum absolute atomic E-state index is 13.7. The molecule has 40 heavy (non-hydrogen) atoms. The van der Waals surface area contributed by atoms with Gasteiger partial charge in [-0.1, -0.05) is 80.2 Å². The van der Waals surface area contributed by atoms with Crippen LogP contribution in [0.2, 0.25) is 0 Å². The molecule has 210 valence electrons. The van der Waals surface area contributed by atoms with Gasteiger partial charge in [-0.05, 0) is 35.7 Å². The molecule has 7 nitrogen and oxygen atoms in total. The zero-order chi connectivity index (χ0) is 29.1. The molecule has 0 fully saturated rings. The summed E-state index contributed by atoms with van der Waals surface area (Å²) < 4.78 is 70.7. The summed E-state index contributed by atoms with van der Waals surface area (Å²) >= 11 is 8.63. The average Bonchev–Trinajstić information content (AvgIpc) is 3.21. The number of aromatic nitrogens is 3. The molecule has 1 aromatic heterocycles. The molecule has 0 atom stereocenters. The number of hydrogen-bond acceptors (Lipinski definition) is 5. The Bertz CT molecular complexity index is 1700. The number of thiol groups is 1. The molecule has 0 aliphatic carbocycles. The molecule has 1 N–H and O–H groups in total. The maximum Gasteiger partial charge on any atom is 0.418 e. The Kier molecular flexibility index (Phi) is 8.86. The lowest BCUT2D eigenvalue weighted by molar-refractivity contribution is -0.137. The lowest BCUT2D eigenvalue weighted by Crippen LogP contribution is -2.26. The fraction of sp³-hybridized carbons (Fsp3) is 0.222. The van der Waals surface area contributed by atoms with Crippen molar-refractivity contribution in [3.8, 4) is 16.8 Å². The number of unbranched alkanes of at least 4 members (excludes halogenated alkanes) is 1. The van der Waals surface area contributed by atoms with Crippen LogP contribution in [-0.2, 0) is 29.2 Å². The summed E-state index contributed by atoms with van der Waals surface area (Å²) in [4.78, 5) is 13.4. The lowest BCUT2D eigenvalue weighted by atomic mass is 10.0. The molecule has 0 radical (unpaired) electrons. The summed E-state index contributed by atoms with van der Waals surface area (Å²) in [6.07, 6.45) is -2.73. The van der Waals surface area contributed by atoms with Crippen LogP contribution in [0, 0.1) is 0 Å². The minimum Gasteiger partial charge on any atom is -0.274 e. The molecule has 4 aromatic rings. The normalized spacial score (nSPS) is 11.9. The van der Waals surface area contributed by atoms with Gasteiger partial charge in [0.15, 0.2) is 0 Å². The number of alkyl halides is 3. The van der Waals surface area contributed by atoms with Crippen molar-refractivity contribution in [3.63, 3.8) is 0 Å². The van der Waals surface area contributed by atoms with Gasteiger partial charge in [-0.25, -0.2) is 13.2 Å². The van der Waals surface area contributed by atoms with Crippen LogP contribution in [0.3, 0.4) is 0 Å². The number of rotatable bonds is 9. The zero-order valence-electron chi connectivity index (χ0n) is 21.2. The van der Waals surface area contributed by atoms with Gasteiger partial charge in [0, 0.05) is 12.0 Å². The molecular weight excluding hydrogens is 582 g/mol. The highest BCUT2D eigenvalue weighted by atomic mass is 32.2. The van der Waals surface area contributed by atoms with Gasteiger partial charge in [0.25, 0.3) is 10.0 Å². The van der Waals surface area contributed by atoms with E-state index in [2.05, 4.69) is 22.4 Å². The van der Waals surface area contributed by atoms with Crippen molar-refractivity contribution in [1.29, 1.82) is 0 Å². The van der Waals surface area contributed by atoms with Crippen LogP contribution in [0.5, 0.6) is 0 Å². The van der Waals surface area contributed by atoms with E-state index in [1.807, 2.05) is 6.92 Å². The van der Waals surface area contributed by atoms with Crippen LogP contribution < -0.4 is 10.4 Å². The highest BCUT2D eigenvalue weighted by molar-refractivity contribution is 8.12. The Morgan fingerprint density at radius 3 is 2.33 bits per heavy atom. The maximum atomic E-state index is 13.7. The van der Waals surface area contributed by atoms with Crippen molar-refractivity contribution >= 4 is 39.2 Å².